The van der Waals surface area contributed by atoms with Gasteiger partial charge >= 0.3 is 0 Å². The summed E-state index contributed by atoms with van der Waals surface area (Å²) in [5.41, 5.74) is 5.00. The fourth-order valence-corrected chi connectivity index (χ4v) is 1.48. The van der Waals surface area contributed by atoms with Crippen LogP contribution in [0.5, 0.6) is 0 Å². The van der Waals surface area contributed by atoms with Crippen molar-refractivity contribution in [3.05, 3.63) is 0 Å². The van der Waals surface area contributed by atoms with E-state index in [1.807, 2.05) is 6.92 Å². The molecule has 1 atom stereocenters. The monoisotopic (exact) mass is 144 g/mol. The number of aliphatic imine (C=N–C) groups is 1. The van der Waals surface area contributed by atoms with Crippen LogP contribution in [0.2, 0.25) is 0 Å². The van der Waals surface area contributed by atoms with E-state index >= 15 is 0 Å². The molecule has 0 aromatic rings. The molecule has 0 bridgehead atoms. The van der Waals surface area contributed by atoms with Crippen molar-refractivity contribution < 1.29 is 4.79 Å². The summed E-state index contributed by atoms with van der Waals surface area (Å²) in [5, 5.41) is 0.957. The zero-order valence-electron chi connectivity index (χ0n) is 5.13. The fourth-order valence-electron chi connectivity index (χ4n) is 0.639. The van der Waals surface area contributed by atoms with Gasteiger partial charge in [0.1, 0.15) is 6.04 Å². The van der Waals surface area contributed by atoms with Crippen molar-refractivity contribution in [2.75, 3.05) is 5.75 Å². The fraction of sp³-hybridized carbons (Fsp3) is 0.600. The minimum Gasteiger partial charge on any atom is -0.368 e. The molecule has 2 N–H and O–H groups in total. The van der Waals surface area contributed by atoms with Crippen molar-refractivity contribution in [3.63, 3.8) is 0 Å². The molecule has 0 unspecified atom stereocenters. The van der Waals surface area contributed by atoms with Crippen LogP contribution in [0.4, 0.5) is 0 Å². The Morgan fingerprint density at radius 3 is 2.89 bits per heavy atom. The van der Waals surface area contributed by atoms with Crippen molar-refractivity contribution in [2.45, 2.75) is 13.0 Å². The molecule has 1 amide bonds. The van der Waals surface area contributed by atoms with Gasteiger partial charge in [-0.15, -0.1) is 11.8 Å². The minimum atomic E-state index is -0.320. The maximum atomic E-state index is 10.4. The van der Waals surface area contributed by atoms with E-state index in [4.69, 9.17) is 5.73 Å². The SMILES string of the molecule is CC1=N[C@@H](C(N)=O)CS1. The third-order valence-corrected chi connectivity index (χ3v) is 2.12. The summed E-state index contributed by atoms with van der Waals surface area (Å²) in [6, 6.07) is -0.269. The van der Waals surface area contributed by atoms with Crippen LogP contribution in [0.3, 0.4) is 0 Å². The Morgan fingerprint density at radius 1 is 2.00 bits per heavy atom. The number of carbonyl (C=O) groups is 1. The average Bonchev–Trinajstić information content (AvgIpc) is 2.14. The van der Waals surface area contributed by atoms with Crippen molar-refractivity contribution in [2.24, 2.45) is 10.7 Å². The summed E-state index contributed by atoms with van der Waals surface area (Å²) in [7, 11) is 0. The first kappa shape index (κ1) is 6.61. The number of rotatable bonds is 1. The Balaban J connectivity index is 2.57. The van der Waals surface area contributed by atoms with Crippen LogP contribution in [0, 0.1) is 0 Å². The topological polar surface area (TPSA) is 55.4 Å². The van der Waals surface area contributed by atoms with Gasteiger partial charge in [-0.3, -0.25) is 9.79 Å². The van der Waals surface area contributed by atoms with Crippen LogP contribution >= 0.6 is 11.8 Å². The average molecular weight is 144 g/mol. The molecule has 0 fully saturated rings. The molecule has 0 saturated carbocycles. The van der Waals surface area contributed by atoms with Crippen molar-refractivity contribution in [1.29, 1.82) is 0 Å². The normalized spacial score (nSPS) is 25.9. The van der Waals surface area contributed by atoms with Crippen LogP contribution in [-0.4, -0.2) is 22.7 Å². The van der Waals surface area contributed by atoms with Gasteiger partial charge in [0.2, 0.25) is 5.91 Å². The van der Waals surface area contributed by atoms with E-state index in [0.29, 0.717) is 0 Å². The van der Waals surface area contributed by atoms with E-state index in [9.17, 15) is 4.79 Å². The van der Waals surface area contributed by atoms with E-state index in [2.05, 4.69) is 4.99 Å². The van der Waals surface area contributed by atoms with Crippen LogP contribution < -0.4 is 5.73 Å². The lowest BCUT2D eigenvalue weighted by atomic mass is 10.3. The van der Waals surface area contributed by atoms with E-state index in [-0.39, 0.29) is 11.9 Å². The van der Waals surface area contributed by atoms with Gasteiger partial charge in [-0.2, -0.15) is 0 Å². The van der Waals surface area contributed by atoms with Crippen LogP contribution in [0.1, 0.15) is 6.92 Å². The zero-order valence-corrected chi connectivity index (χ0v) is 5.94. The lowest BCUT2D eigenvalue weighted by Crippen LogP contribution is -2.26. The number of hydrogen-bond acceptors (Lipinski definition) is 3. The number of primary amides is 1. The van der Waals surface area contributed by atoms with Crippen LogP contribution in [-0.2, 0) is 4.79 Å². The summed E-state index contributed by atoms with van der Waals surface area (Å²) < 4.78 is 0. The molecular formula is C5H8N2OS. The maximum Gasteiger partial charge on any atom is 0.243 e. The number of carbonyl (C=O) groups excluding carboxylic acids is 1. The number of nitrogens with two attached hydrogens (primary N) is 1. The number of amides is 1. The molecule has 0 aliphatic carbocycles. The minimum absolute atomic E-state index is 0.269. The largest absolute Gasteiger partial charge is 0.368 e. The van der Waals surface area contributed by atoms with E-state index in [0.717, 1.165) is 10.8 Å². The molecule has 1 rings (SSSR count). The summed E-state index contributed by atoms with van der Waals surface area (Å²) in [6.45, 7) is 1.88. The molecular weight excluding hydrogens is 136 g/mol. The highest BCUT2D eigenvalue weighted by Gasteiger charge is 2.19. The lowest BCUT2D eigenvalue weighted by molar-refractivity contribution is -0.118. The van der Waals surface area contributed by atoms with Crippen molar-refractivity contribution in [3.8, 4) is 0 Å². The van der Waals surface area contributed by atoms with Gasteiger partial charge in [-0.25, -0.2) is 0 Å². The molecule has 0 radical (unpaired) electrons. The summed E-state index contributed by atoms with van der Waals surface area (Å²) in [4.78, 5) is 14.4. The standard InChI is InChI=1S/C5H8N2OS/c1-3-7-4(2-9-3)5(6)8/h4H,2H2,1H3,(H2,6,8)/t4-/m1/s1. The smallest absolute Gasteiger partial charge is 0.243 e. The molecule has 1 aliphatic heterocycles. The van der Waals surface area contributed by atoms with Gasteiger partial charge < -0.3 is 5.73 Å². The Hall–Kier alpha value is -0.510. The Morgan fingerprint density at radius 2 is 2.67 bits per heavy atom. The van der Waals surface area contributed by atoms with Gasteiger partial charge in [-0.05, 0) is 6.92 Å². The Labute approximate surface area is 57.7 Å². The van der Waals surface area contributed by atoms with Crippen molar-refractivity contribution >= 4 is 22.7 Å². The molecule has 50 valence electrons. The predicted octanol–water partition coefficient (Wildman–Crippen LogP) is 0.00550. The second-order valence-electron chi connectivity index (χ2n) is 1.88. The van der Waals surface area contributed by atoms with Gasteiger partial charge in [0.05, 0.1) is 5.04 Å². The molecule has 9 heavy (non-hydrogen) atoms. The summed E-state index contributed by atoms with van der Waals surface area (Å²) in [6.07, 6.45) is 0. The molecule has 0 spiro atoms. The van der Waals surface area contributed by atoms with Crippen LogP contribution in [0.15, 0.2) is 4.99 Å². The third-order valence-electron chi connectivity index (χ3n) is 1.12. The molecule has 0 aromatic carbocycles. The zero-order chi connectivity index (χ0) is 6.85. The Bertz CT molecular complexity index is 166. The van der Waals surface area contributed by atoms with E-state index in [1.54, 1.807) is 11.8 Å². The summed E-state index contributed by atoms with van der Waals surface area (Å²) >= 11 is 1.58. The highest BCUT2D eigenvalue weighted by molar-refractivity contribution is 8.14. The maximum absolute atomic E-state index is 10.4. The molecule has 4 heteroatoms. The van der Waals surface area contributed by atoms with Crippen molar-refractivity contribution in [1.82, 2.24) is 0 Å². The first-order valence-corrected chi connectivity index (χ1v) is 3.65. The Kier molecular flexibility index (Phi) is 1.75. The second-order valence-corrected chi connectivity index (χ2v) is 3.09. The van der Waals surface area contributed by atoms with Gasteiger partial charge in [0, 0.05) is 5.75 Å². The molecule has 3 nitrogen and oxygen atoms in total. The first-order valence-electron chi connectivity index (χ1n) is 2.66. The molecule has 0 aromatic heterocycles. The molecule has 0 saturated heterocycles. The number of hydrogen-bond donors (Lipinski definition) is 1. The van der Waals surface area contributed by atoms with E-state index in [1.165, 1.54) is 0 Å². The molecule has 1 heterocycles. The number of thioether (sulfide) groups is 1. The molecule has 1 aliphatic rings. The van der Waals surface area contributed by atoms with Crippen LogP contribution in [0.25, 0.3) is 0 Å². The van der Waals surface area contributed by atoms with Gasteiger partial charge in [0.15, 0.2) is 0 Å². The quantitative estimate of drug-likeness (QED) is 0.563. The van der Waals surface area contributed by atoms with Gasteiger partial charge in [0.25, 0.3) is 0 Å². The third kappa shape index (κ3) is 1.45. The van der Waals surface area contributed by atoms with Gasteiger partial charge in [-0.1, -0.05) is 0 Å². The predicted molar refractivity (Wildman–Crippen MR) is 38.5 cm³/mol. The first-order chi connectivity index (χ1) is 4.20. The number of nitrogens with zero attached hydrogens (tertiary/aromatic N) is 1. The lowest BCUT2D eigenvalue weighted by Gasteiger charge is -1.95. The second kappa shape index (κ2) is 2.39. The highest BCUT2D eigenvalue weighted by Crippen LogP contribution is 2.16. The highest BCUT2D eigenvalue weighted by atomic mass is 32.2. The van der Waals surface area contributed by atoms with E-state index < -0.39 is 0 Å². The summed E-state index contributed by atoms with van der Waals surface area (Å²) in [5.74, 6) is 0.403.